The molecule has 7 nitrogen and oxygen atoms in total. The molecule has 2 aromatic rings. The van der Waals surface area contributed by atoms with Crippen LogP contribution in [0.5, 0.6) is 0 Å². The van der Waals surface area contributed by atoms with Gasteiger partial charge in [-0.2, -0.15) is 0 Å². The average Bonchev–Trinajstić information content (AvgIpc) is 2.73. The molecule has 0 aliphatic carbocycles. The van der Waals surface area contributed by atoms with Crippen LogP contribution in [0.25, 0.3) is 0 Å². The van der Waals surface area contributed by atoms with Gasteiger partial charge in [-0.3, -0.25) is 14.9 Å². The lowest BCUT2D eigenvalue weighted by atomic mass is 10.0. The molecule has 3 rings (SSSR count). The van der Waals surface area contributed by atoms with Crippen molar-refractivity contribution in [2.45, 2.75) is 12.8 Å². The monoisotopic (exact) mass is 383 g/mol. The maximum Gasteiger partial charge on any atom is 0.275 e. The summed E-state index contributed by atoms with van der Waals surface area (Å²) in [6.45, 7) is 6.66. The Kier molecular flexibility index (Phi) is 6.60. The Morgan fingerprint density at radius 3 is 2.39 bits per heavy atom. The number of quaternary nitrogens is 1. The number of nitro groups is 1. The first-order valence-corrected chi connectivity index (χ1v) is 9.67. The van der Waals surface area contributed by atoms with E-state index in [1.807, 2.05) is 18.2 Å². The molecule has 1 fully saturated rings. The van der Waals surface area contributed by atoms with Gasteiger partial charge in [0.15, 0.2) is 6.54 Å². The van der Waals surface area contributed by atoms with Crippen LogP contribution in [0.15, 0.2) is 54.6 Å². The second kappa shape index (κ2) is 9.32. The van der Waals surface area contributed by atoms with E-state index in [-0.39, 0.29) is 16.5 Å². The molecule has 0 aromatic heterocycles. The van der Waals surface area contributed by atoms with Crippen molar-refractivity contribution in [3.8, 4) is 0 Å². The van der Waals surface area contributed by atoms with Crippen LogP contribution in [0.4, 0.5) is 11.4 Å². The molecule has 1 amide bonds. The molecule has 1 saturated heterocycles. The van der Waals surface area contributed by atoms with Crippen molar-refractivity contribution in [1.82, 2.24) is 5.32 Å². The first-order chi connectivity index (χ1) is 13.5. The molecule has 0 bridgehead atoms. The zero-order chi connectivity index (χ0) is 19.9. The van der Waals surface area contributed by atoms with E-state index in [0.29, 0.717) is 19.0 Å². The van der Waals surface area contributed by atoms with E-state index in [2.05, 4.69) is 29.3 Å². The SMILES string of the molecule is C[C@@H](CNC(=O)C[NH+]1CCN(c2ccc([N+](=O)[O-])cc2)CC1)c1ccccc1. The molecule has 1 heterocycles. The third-order valence-corrected chi connectivity index (χ3v) is 5.28. The first-order valence-electron chi connectivity index (χ1n) is 9.67. The Hall–Kier alpha value is -2.93. The fourth-order valence-electron chi connectivity index (χ4n) is 3.50. The fourth-order valence-corrected chi connectivity index (χ4v) is 3.50. The van der Waals surface area contributed by atoms with E-state index in [1.165, 1.54) is 22.6 Å². The van der Waals surface area contributed by atoms with Crippen molar-refractivity contribution < 1.29 is 14.6 Å². The quantitative estimate of drug-likeness (QED) is 0.557. The van der Waals surface area contributed by atoms with Crippen molar-refractivity contribution in [2.75, 3.05) is 44.2 Å². The minimum atomic E-state index is -0.386. The Morgan fingerprint density at radius 2 is 1.79 bits per heavy atom. The second-order valence-corrected chi connectivity index (χ2v) is 7.30. The van der Waals surface area contributed by atoms with E-state index in [9.17, 15) is 14.9 Å². The maximum absolute atomic E-state index is 12.3. The Morgan fingerprint density at radius 1 is 1.14 bits per heavy atom. The summed E-state index contributed by atoms with van der Waals surface area (Å²) in [5.74, 6) is 0.376. The summed E-state index contributed by atoms with van der Waals surface area (Å²) in [7, 11) is 0. The second-order valence-electron chi connectivity index (χ2n) is 7.30. The van der Waals surface area contributed by atoms with Crippen LogP contribution in [0, 0.1) is 10.1 Å². The molecule has 28 heavy (non-hydrogen) atoms. The number of rotatable bonds is 7. The first kappa shape index (κ1) is 19.8. The topological polar surface area (TPSA) is 79.9 Å². The van der Waals surface area contributed by atoms with Gasteiger partial charge in [-0.1, -0.05) is 37.3 Å². The summed E-state index contributed by atoms with van der Waals surface area (Å²) >= 11 is 0. The molecule has 1 atom stereocenters. The third kappa shape index (κ3) is 5.29. The van der Waals surface area contributed by atoms with Gasteiger partial charge in [-0.15, -0.1) is 0 Å². The number of nitrogens with zero attached hydrogens (tertiary/aromatic N) is 2. The normalized spacial score (nSPS) is 15.8. The average molecular weight is 383 g/mol. The number of anilines is 1. The highest BCUT2D eigenvalue weighted by Gasteiger charge is 2.23. The maximum atomic E-state index is 12.3. The molecule has 0 unspecified atom stereocenters. The zero-order valence-electron chi connectivity index (χ0n) is 16.1. The number of carbonyl (C=O) groups excluding carboxylic acids is 1. The summed E-state index contributed by atoms with van der Waals surface area (Å²) in [5.41, 5.74) is 2.33. The van der Waals surface area contributed by atoms with Crippen LogP contribution in [0.2, 0.25) is 0 Å². The number of amides is 1. The molecule has 0 saturated carbocycles. The fraction of sp³-hybridized carbons (Fsp3) is 0.381. The Bertz CT molecular complexity index is 787. The van der Waals surface area contributed by atoms with Gasteiger partial charge in [0.2, 0.25) is 0 Å². The number of hydrogen-bond acceptors (Lipinski definition) is 4. The lowest BCUT2D eigenvalue weighted by Gasteiger charge is -2.33. The zero-order valence-corrected chi connectivity index (χ0v) is 16.1. The standard InChI is InChI=1S/C21H26N4O3/c1-17(18-5-3-2-4-6-18)15-22-21(26)16-23-11-13-24(14-12-23)19-7-9-20(10-8-19)25(27)28/h2-10,17H,11-16H2,1H3,(H,22,26)/p+1/t17-/m0/s1. The van der Waals surface area contributed by atoms with Crippen LogP contribution in [-0.2, 0) is 4.79 Å². The van der Waals surface area contributed by atoms with Crippen molar-refractivity contribution in [3.63, 3.8) is 0 Å². The van der Waals surface area contributed by atoms with Crippen LogP contribution in [0.1, 0.15) is 18.4 Å². The number of non-ortho nitro benzene ring substituents is 1. The number of nitrogens with one attached hydrogen (secondary N) is 2. The van der Waals surface area contributed by atoms with Gasteiger partial charge < -0.3 is 15.1 Å². The third-order valence-electron chi connectivity index (χ3n) is 5.28. The van der Waals surface area contributed by atoms with Gasteiger partial charge in [-0.25, -0.2) is 0 Å². The number of hydrogen-bond donors (Lipinski definition) is 2. The number of piperazine rings is 1. The lowest BCUT2D eigenvalue weighted by molar-refractivity contribution is -0.892. The molecule has 0 spiro atoms. The summed E-state index contributed by atoms with van der Waals surface area (Å²) < 4.78 is 0. The van der Waals surface area contributed by atoms with Crippen molar-refractivity contribution >= 4 is 17.3 Å². The van der Waals surface area contributed by atoms with Crippen LogP contribution < -0.4 is 15.1 Å². The highest BCUT2D eigenvalue weighted by Crippen LogP contribution is 2.19. The number of benzene rings is 2. The largest absolute Gasteiger partial charge is 0.360 e. The van der Waals surface area contributed by atoms with Crippen LogP contribution in [-0.4, -0.2) is 50.1 Å². The van der Waals surface area contributed by atoms with Crippen molar-refractivity contribution in [3.05, 3.63) is 70.3 Å². The van der Waals surface area contributed by atoms with Gasteiger partial charge in [0, 0.05) is 24.4 Å². The van der Waals surface area contributed by atoms with Gasteiger partial charge in [0.25, 0.3) is 11.6 Å². The molecule has 1 aliphatic rings. The summed E-state index contributed by atoms with van der Waals surface area (Å²) in [4.78, 5) is 26.1. The predicted octanol–water partition coefficient (Wildman–Crippen LogP) is 1.22. The van der Waals surface area contributed by atoms with Crippen molar-refractivity contribution in [2.24, 2.45) is 0 Å². The molecule has 1 aliphatic heterocycles. The number of nitro benzene ring substituents is 1. The predicted molar refractivity (Wildman–Crippen MR) is 109 cm³/mol. The van der Waals surface area contributed by atoms with Gasteiger partial charge >= 0.3 is 0 Å². The molecular weight excluding hydrogens is 356 g/mol. The minimum absolute atomic E-state index is 0.0848. The van der Waals surface area contributed by atoms with Gasteiger partial charge in [0.05, 0.1) is 31.1 Å². The lowest BCUT2D eigenvalue weighted by Crippen LogP contribution is -3.16. The van der Waals surface area contributed by atoms with E-state index < -0.39 is 0 Å². The Balaban J connectivity index is 1.41. The summed E-state index contributed by atoms with van der Waals surface area (Å²) in [6.07, 6.45) is 0. The van der Waals surface area contributed by atoms with E-state index >= 15 is 0 Å². The molecule has 2 N–H and O–H groups in total. The van der Waals surface area contributed by atoms with Gasteiger partial charge in [0.1, 0.15) is 0 Å². The highest BCUT2D eigenvalue weighted by molar-refractivity contribution is 5.76. The van der Waals surface area contributed by atoms with E-state index in [0.717, 1.165) is 31.9 Å². The van der Waals surface area contributed by atoms with Crippen molar-refractivity contribution in [1.29, 1.82) is 0 Å². The minimum Gasteiger partial charge on any atom is -0.360 e. The number of carbonyl (C=O) groups is 1. The van der Waals surface area contributed by atoms with Crippen LogP contribution in [0.3, 0.4) is 0 Å². The van der Waals surface area contributed by atoms with Gasteiger partial charge in [-0.05, 0) is 23.6 Å². The smallest absolute Gasteiger partial charge is 0.275 e. The molecule has 0 radical (unpaired) electrons. The van der Waals surface area contributed by atoms with Crippen LogP contribution >= 0.6 is 0 Å². The Labute approximate surface area is 165 Å². The highest BCUT2D eigenvalue weighted by atomic mass is 16.6. The summed E-state index contributed by atoms with van der Waals surface area (Å²) in [5, 5.41) is 13.8. The molecule has 148 valence electrons. The molecule has 7 heteroatoms. The summed E-state index contributed by atoms with van der Waals surface area (Å²) in [6, 6.07) is 16.9. The molecule has 2 aromatic carbocycles. The van der Waals surface area contributed by atoms with E-state index in [4.69, 9.17) is 0 Å². The molecular formula is C21H27N4O3+. The van der Waals surface area contributed by atoms with E-state index in [1.54, 1.807) is 12.1 Å².